The smallest absolute Gasteiger partial charge is 0.258 e. The number of rotatable bonds is 4. The fraction of sp³-hybridized carbons (Fsp3) is 0.292. The van der Waals surface area contributed by atoms with Gasteiger partial charge in [0.05, 0.1) is 5.56 Å². The molecule has 1 saturated carbocycles. The minimum Gasteiger partial charge on any atom is -0.462 e. The zero-order valence-electron chi connectivity index (χ0n) is 16.6. The van der Waals surface area contributed by atoms with Crippen molar-refractivity contribution in [2.75, 3.05) is 12.1 Å². The monoisotopic (exact) mass is 402 g/mol. The summed E-state index contributed by atoms with van der Waals surface area (Å²) < 4.78 is 17.1. The van der Waals surface area contributed by atoms with Crippen LogP contribution in [0.4, 0.5) is 5.69 Å². The predicted octanol–water partition coefficient (Wildman–Crippen LogP) is 4.90. The lowest BCUT2D eigenvalue weighted by molar-refractivity contribution is 0.0644. The summed E-state index contributed by atoms with van der Waals surface area (Å²) in [6.45, 7) is 2.89. The molecule has 1 aliphatic carbocycles. The minimum atomic E-state index is -0.374. The highest BCUT2D eigenvalue weighted by atomic mass is 16.7. The molecular formula is C24H22N2O4. The molecule has 3 aromatic rings. The van der Waals surface area contributed by atoms with Gasteiger partial charge in [0.2, 0.25) is 6.79 Å². The van der Waals surface area contributed by atoms with Crippen molar-refractivity contribution >= 4 is 11.6 Å². The van der Waals surface area contributed by atoms with E-state index >= 15 is 0 Å². The van der Waals surface area contributed by atoms with Crippen LogP contribution in [0.2, 0.25) is 0 Å². The molecule has 1 amide bonds. The second-order valence-electron chi connectivity index (χ2n) is 8.27. The van der Waals surface area contributed by atoms with Crippen molar-refractivity contribution in [3.05, 3.63) is 77.2 Å². The van der Waals surface area contributed by atoms with Gasteiger partial charge in [-0.2, -0.15) is 0 Å². The van der Waals surface area contributed by atoms with Gasteiger partial charge in [-0.1, -0.05) is 25.1 Å². The van der Waals surface area contributed by atoms with E-state index in [4.69, 9.17) is 13.9 Å². The number of carbonyl (C=O) groups excluding carboxylic acids is 1. The number of nitrogens with zero attached hydrogens (tertiary/aromatic N) is 1. The van der Waals surface area contributed by atoms with Crippen LogP contribution in [0.5, 0.6) is 11.5 Å². The van der Waals surface area contributed by atoms with Crippen LogP contribution in [0.3, 0.4) is 0 Å². The van der Waals surface area contributed by atoms with Crippen LogP contribution in [0, 0.1) is 5.92 Å². The van der Waals surface area contributed by atoms with Crippen LogP contribution < -0.4 is 14.8 Å². The predicted molar refractivity (Wildman–Crippen MR) is 110 cm³/mol. The first-order valence-corrected chi connectivity index (χ1v) is 10.3. The lowest BCUT2D eigenvalue weighted by Gasteiger charge is -2.36. The Balaban J connectivity index is 1.36. The summed E-state index contributed by atoms with van der Waals surface area (Å²) in [6.07, 6.45) is 0.786. The van der Waals surface area contributed by atoms with Crippen molar-refractivity contribution < 1.29 is 18.7 Å². The van der Waals surface area contributed by atoms with Crippen LogP contribution >= 0.6 is 0 Å². The summed E-state index contributed by atoms with van der Waals surface area (Å²) in [6, 6.07) is 17.4. The Morgan fingerprint density at radius 2 is 1.83 bits per heavy atom. The molecule has 3 heterocycles. The van der Waals surface area contributed by atoms with E-state index in [-0.39, 0.29) is 18.9 Å². The highest BCUT2D eigenvalue weighted by molar-refractivity contribution is 6.01. The molecule has 3 atom stereocenters. The molecule has 1 N–H and O–H groups in total. The van der Waals surface area contributed by atoms with Crippen molar-refractivity contribution in [3.8, 4) is 11.5 Å². The third kappa shape index (κ3) is 2.83. The Morgan fingerprint density at radius 3 is 2.70 bits per heavy atom. The molecular weight excluding hydrogens is 380 g/mol. The molecule has 30 heavy (non-hydrogen) atoms. The van der Waals surface area contributed by atoms with Gasteiger partial charge in [0.25, 0.3) is 5.91 Å². The molecule has 1 fully saturated rings. The van der Waals surface area contributed by atoms with E-state index in [1.165, 1.54) is 0 Å². The highest BCUT2D eigenvalue weighted by Gasteiger charge is 2.39. The molecule has 152 valence electrons. The average molecular weight is 402 g/mol. The largest absolute Gasteiger partial charge is 0.462 e. The number of ether oxygens (including phenoxy) is 2. The maximum atomic E-state index is 13.4. The third-order valence-electron chi connectivity index (χ3n) is 6.20. The number of fused-ring (bicyclic) bond motifs is 2. The number of amides is 1. The van der Waals surface area contributed by atoms with Gasteiger partial charge in [-0.15, -0.1) is 0 Å². The topological polar surface area (TPSA) is 63.9 Å². The van der Waals surface area contributed by atoms with Crippen LogP contribution in [0.25, 0.3) is 0 Å². The van der Waals surface area contributed by atoms with Gasteiger partial charge in [0.15, 0.2) is 17.7 Å². The first-order valence-electron chi connectivity index (χ1n) is 10.3. The minimum absolute atomic E-state index is 0.0234. The van der Waals surface area contributed by atoms with Crippen molar-refractivity contribution in [3.63, 3.8) is 0 Å². The molecule has 0 saturated heterocycles. The summed E-state index contributed by atoms with van der Waals surface area (Å²) in [5.41, 5.74) is 2.46. The van der Waals surface area contributed by atoms with E-state index in [2.05, 4.69) is 18.3 Å². The first-order chi connectivity index (χ1) is 14.7. The van der Waals surface area contributed by atoms with Gasteiger partial charge in [-0.3, -0.25) is 4.79 Å². The fourth-order valence-electron chi connectivity index (χ4n) is 4.35. The number of hydrogen-bond acceptors (Lipinski definition) is 5. The number of anilines is 1. The van der Waals surface area contributed by atoms with Crippen molar-refractivity contribution in [1.29, 1.82) is 0 Å². The Kier molecular flexibility index (Phi) is 3.81. The van der Waals surface area contributed by atoms with E-state index < -0.39 is 0 Å². The summed E-state index contributed by atoms with van der Waals surface area (Å²) in [5, 5.41) is 3.51. The lowest BCUT2D eigenvalue weighted by atomic mass is 10.1. The number of para-hydroxylation sites is 1. The van der Waals surface area contributed by atoms with Crippen LogP contribution in [-0.2, 0) is 6.54 Å². The van der Waals surface area contributed by atoms with Crippen LogP contribution in [0.1, 0.15) is 52.9 Å². The molecule has 3 unspecified atom stereocenters. The summed E-state index contributed by atoms with van der Waals surface area (Å²) in [7, 11) is 0. The normalized spacial score (nSPS) is 23.8. The maximum Gasteiger partial charge on any atom is 0.258 e. The van der Waals surface area contributed by atoms with E-state index in [1.54, 1.807) is 0 Å². The van der Waals surface area contributed by atoms with Gasteiger partial charge in [0.1, 0.15) is 11.5 Å². The van der Waals surface area contributed by atoms with Crippen molar-refractivity contribution in [2.45, 2.75) is 32.0 Å². The summed E-state index contributed by atoms with van der Waals surface area (Å²) in [5.74, 6) is 4.34. The molecule has 1 aromatic heterocycles. The number of benzene rings is 2. The SMILES string of the molecule is CC1CC1c1ccc(C2Nc3ccccc3C(=O)N2Cc2ccc3c(c2)OCO3)o1. The number of furan rings is 1. The van der Waals surface area contributed by atoms with Crippen molar-refractivity contribution in [2.24, 2.45) is 5.92 Å². The number of nitrogens with one attached hydrogen (secondary N) is 1. The Morgan fingerprint density at radius 1 is 1.03 bits per heavy atom. The molecule has 0 bridgehead atoms. The van der Waals surface area contributed by atoms with Gasteiger partial charge < -0.3 is 24.1 Å². The second-order valence-corrected chi connectivity index (χ2v) is 8.27. The maximum absolute atomic E-state index is 13.4. The first kappa shape index (κ1) is 17.4. The second kappa shape index (κ2) is 6.55. The number of carbonyl (C=O) groups is 1. The Hall–Kier alpha value is -3.41. The molecule has 6 rings (SSSR count). The summed E-state index contributed by atoms with van der Waals surface area (Å²) in [4.78, 5) is 15.3. The van der Waals surface area contributed by atoms with Crippen LogP contribution in [-0.4, -0.2) is 17.6 Å². The third-order valence-corrected chi connectivity index (χ3v) is 6.20. The molecule has 0 spiro atoms. The quantitative estimate of drug-likeness (QED) is 0.673. The van der Waals surface area contributed by atoms with Gasteiger partial charge in [-0.05, 0) is 54.3 Å². The van der Waals surface area contributed by atoms with Gasteiger partial charge >= 0.3 is 0 Å². The molecule has 3 aliphatic rings. The zero-order valence-corrected chi connectivity index (χ0v) is 16.6. The molecule has 2 aliphatic heterocycles. The molecule has 0 radical (unpaired) electrons. The van der Waals surface area contributed by atoms with E-state index in [0.29, 0.717) is 29.7 Å². The Bertz CT molecular complexity index is 1140. The lowest BCUT2D eigenvalue weighted by Crippen LogP contribution is -2.42. The zero-order chi connectivity index (χ0) is 20.2. The van der Waals surface area contributed by atoms with Crippen molar-refractivity contribution in [1.82, 2.24) is 4.90 Å². The van der Waals surface area contributed by atoms with Gasteiger partial charge in [0, 0.05) is 18.2 Å². The number of hydrogen-bond donors (Lipinski definition) is 1. The summed E-state index contributed by atoms with van der Waals surface area (Å²) >= 11 is 0. The highest BCUT2D eigenvalue weighted by Crippen LogP contribution is 2.48. The standard InChI is InChI=1S/C24H22N2O4/c1-14-10-17(14)19-8-9-21(30-19)23-25-18-5-3-2-4-16(18)24(27)26(23)12-15-6-7-20-22(11-15)29-13-28-20/h2-9,11,14,17,23,25H,10,12-13H2,1H3. The van der Waals surface area contributed by atoms with E-state index in [9.17, 15) is 4.79 Å². The van der Waals surface area contributed by atoms with E-state index in [0.717, 1.165) is 34.9 Å². The molecule has 2 aromatic carbocycles. The molecule has 6 nitrogen and oxygen atoms in total. The molecule has 6 heteroatoms. The van der Waals surface area contributed by atoms with Gasteiger partial charge in [-0.25, -0.2) is 0 Å². The Labute approximate surface area is 174 Å². The van der Waals surface area contributed by atoms with E-state index in [1.807, 2.05) is 53.4 Å². The average Bonchev–Trinajstić information content (AvgIpc) is 3.15. The fourth-order valence-corrected chi connectivity index (χ4v) is 4.35. The van der Waals surface area contributed by atoms with Crippen LogP contribution in [0.15, 0.2) is 59.0 Å².